The van der Waals surface area contributed by atoms with E-state index >= 15 is 0 Å². The second kappa shape index (κ2) is 6.40. The Balaban J connectivity index is 1.51. The molecule has 0 radical (unpaired) electrons. The van der Waals surface area contributed by atoms with Crippen LogP contribution < -0.4 is 0 Å². The zero-order chi connectivity index (χ0) is 16.5. The molecule has 2 heterocycles. The molecule has 0 spiro atoms. The molecule has 2 atom stereocenters. The van der Waals surface area contributed by atoms with Crippen molar-refractivity contribution in [1.29, 1.82) is 0 Å². The summed E-state index contributed by atoms with van der Waals surface area (Å²) in [6, 6.07) is 10.0. The Bertz CT molecular complexity index is 725. The first-order chi connectivity index (χ1) is 11.7. The molecule has 1 amide bonds. The standard InChI is InChI=1S/C19H22N2O3/c1-13-15(20-19(24-13)14-6-3-2-4-7-14)12-18(22)21-10-11-23-17-9-5-8-16(17)21/h2-4,6-7,16-17H,5,8-12H2,1H3/t16-,17+/m0/s1. The van der Waals surface area contributed by atoms with Gasteiger partial charge in [-0.05, 0) is 38.3 Å². The molecule has 4 rings (SSSR count). The quantitative estimate of drug-likeness (QED) is 0.870. The number of carbonyl (C=O) groups is 1. The third-order valence-electron chi connectivity index (χ3n) is 5.03. The number of hydrogen-bond donors (Lipinski definition) is 0. The van der Waals surface area contributed by atoms with E-state index in [1.807, 2.05) is 42.2 Å². The van der Waals surface area contributed by atoms with Crippen molar-refractivity contribution in [2.24, 2.45) is 0 Å². The van der Waals surface area contributed by atoms with Crippen molar-refractivity contribution < 1.29 is 13.9 Å². The number of aromatic nitrogens is 1. The average molecular weight is 326 g/mol. The van der Waals surface area contributed by atoms with E-state index in [1.54, 1.807) is 0 Å². The minimum absolute atomic E-state index is 0.131. The molecular formula is C19H22N2O3. The number of fused-ring (bicyclic) bond motifs is 1. The van der Waals surface area contributed by atoms with Gasteiger partial charge in [-0.2, -0.15) is 0 Å². The SMILES string of the molecule is Cc1oc(-c2ccccc2)nc1CC(=O)N1CCO[C@@H]2CCC[C@@H]21. The maximum absolute atomic E-state index is 12.8. The van der Waals surface area contributed by atoms with Gasteiger partial charge in [0.05, 0.1) is 30.9 Å². The second-order valence-electron chi connectivity index (χ2n) is 6.56. The summed E-state index contributed by atoms with van der Waals surface area (Å²) in [5, 5.41) is 0. The predicted octanol–water partition coefficient (Wildman–Crippen LogP) is 2.97. The van der Waals surface area contributed by atoms with Crippen molar-refractivity contribution in [3.8, 4) is 11.5 Å². The van der Waals surface area contributed by atoms with E-state index in [0.29, 0.717) is 25.5 Å². The summed E-state index contributed by atoms with van der Waals surface area (Å²) in [6.07, 6.45) is 3.77. The van der Waals surface area contributed by atoms with Gasteiger partial charge in [0.25, 0.3) is 0 Å². The lowest BCUT2D eigenvalue weighted by molar-refractivity contribution is -0.143. The van der Waals surface area contributed by atoms with Gasteiger partial charge in [-0.3, -0.25) is 4.79 Å². The number of carbonyl (C=O) groups excluding carboxylic acids is 1. The largest absolute Gasteiger partial charge is 0.441 e. The molecule has 2 aliphatic rings. The molecule has 0 unspecified atom stereocenters. The molecule has 5 heteroatoms. The van der Waals surface area contributed by atoms with Crippen molar-refractivity contribution in [2.45, 2.75) is 44.8 Å². The van der Waals surface area contributed by atoms with Gasteiger partial charge in [0.15, 0.2) is 0 Å². The molecule has 2 fully saturated rings. The Morgan fingerprint density at radius 1 is 1.29 bits per heavy atom. The normalized spacial score (nSPS) is 23.3. The topological polar surface area (TPSA) is 55.6 Å². The number of benzene rings is 1. The number of nitrogens with zero attached hydrogens (tertiary/aromatic N) is 2. The average Bonchev–Trinajstić information content (AvgIpc) is 3.22. The minimum atomic E-state index is 0.131. The van der Waals surface area contributed by atoms with Crippen LogP contribution in [0.5, 0.6) is 0 Å². The van der Waals surface area contributed by atoms with Gasteiger partial charge in [0, 0.05) is 12.1 Å². The lowest BCUT2D eigenvalue weighted by atomic mass is 10.1. The van der Waals surface area contributed by atoms with Crippen LogP contribution in [0.4, 0.5) is 0 Å². The van der Waals surface area contributed by atoms with E-state index < -0.39 is 0 Å². The number of morpholine rings is 1. The first kappa shape index (κ1) is 15.4. The third kappa shape index (κ3) is 2.84. The molecule has 1 aliphatic carbocycles. The highest BCUT2D eigenvalue weighted by Gasteiger charge is 2.38. The van der Waals surface area contributed by atoms with Crippen LogP contribution in [-0.2, 0) is 16.0 Å². The molecule has 1 aromatic carbocycles. The number of oxazole rings is 1. The smallest absolute Gasteiger partial charge is 0.229 e. The van der Waals surface area contributed by atoms with E-state index in [9.17, 15) is 4.79 Å². The number of rotatable bonds is 3. The summed E-state index contributed by atoms with van der Waals surface area (Å²) in [4.78, 5) is 19.3. The Morgan fingerprint density at radius 3 is 2.96 bits per heavy atom. The number of ether oxygens (including phenoxy) is 1. The van der Waals surface area contributed by atoms with Crippen LogP contribution in [0.3, 0.4) is 0 Å². The predicted molar refractivity (Wildman–Crippen MR) is 89.5 cm³/mol. The molecule has 24 heavy (non-hydrogen) atoms. The van der Waals surface area contributed by atoms with Crippen molar-refractivity contribution in [3.63, 3.8) is 0 Å². The molecular weight excluding hydrogens is 304 g/mol. The van der Waals surface area contributed by atoms with Crippen LogP contribution in [0.25, 0.3) is 11.5 Å². The minimum Gasteiger partial charge on any atom is -0.441 e. The summed E-state index contributed by atoms with van der Waals surface area (Å²) >= 11 is 0. The zero-order valence-electron chi connectivity index (χ0n) is 13.9. The van der Waals surface area contributed by atoms with Gasteiger partial charge in [-0.25, -0.2) is 4.98 Å². The van der Waals surface area contributed by atoms with Crippen LogP contribution in [0, 0.1) is 6.92 Å². The third-order valence-corrected chi connectivity index (χ3v) is 5.03. The summed E-state index contributed by atoms with van der Waals surface area (Å²) < 4.78 is 11.6. The fourth-order valence-corrected chi connectivity index (χ4v) is 3.78. The van der Waals surface area contributed by atoms with Crippen LogP contribution in [0.2, 0.25) is 0 Å². The first-order valence-electron chi connectivity index (χ1n) is 8.65. The maximum atomic E-state index is 12.8. The van der Waals surface area contributed by atoms with Crippen LogP contribution in [-0.4, -0.2) is 41.1 Å². The van der Waals surface area contributed by atoms with E-state index in [-0.39, 0.29) is 18.1 Å². The summed E-state index contributed by atoms with van der Waals surface area (Å²) in [7, 11) is 0. The van der Waals surface area contributed by atoms with Gasteiger partial charge < -0.3 is 14.1 Å². The molecule has 1 saturated carbocycles. The summed E-state index contributed by atoms with van der Waals surface area (Å²) in [5.74, 6) is 1.43. The van der Waals surface area contributed by atoms with Crippen molar-refractivity contribution >= 4 is 5.91 Å². The Kier molecular flexibility index (Phi) is 4.10. The van der Waals surface area contributed by atoms with Crippen molar-refractivity contribution in [3.05, 3.63) is 41.8 Å². The van der Waals surface area contributed by atoms with Crippen LogP contribution in [0.1, 0.15) is 30.7 Å². The van der Waals surface area contributed by atoms with Crippen molar-refractivity contribution in [2.75, 3.05) is 13.2 Å². The van der Waals surface area contributed by atoms with E-state index in [0.717, 1.165) is 36.3 Å². The van der Waals surface area contributed by atoms with Crippen LogP contribution in [0.15, 0.2) is 34.7 Å². The van der Waals surface area contributed by atoms with E-state index in [4.69, 9.17) is 9.15 Å². The highest BCUT2D eigenvalue weighted by molar-refractivity contribution is 5.79. The maximum Gasteiger partial charge on any atom is 0.229 e. The fourth-order valence-electron chi connectivity index (χ4n) is 3.78. The molecule has 2 aromatic rings. The number of amides is 1. The van der Waals surface area contributed by atoms with Gasteiger partial charge in [0.2, 0.25) is 11.8 Å². The monoisotopic (exact) mass is 326 g/mol. The van der Waals surface area contributed by atoms with Gasteiger partial charge in [0.1, 0.15) is 5.76 Å². The van der Waals surface area contributed by atoms with Gasteiger partial charge in [-0.1, -0.05) is 18.2 Å². The molecule has 0 N–H and O–H groups in total. The molecule has 1 aliphatic heterocycles. The van der Waals surface area contributed by atoms with Crippen molar-refractivity contribution in [1.82, 2.24) is 9.88 Å². The molecule has 126 valence electrons. The Labute approximate surface area is 141 Å². The highest BCUT2D eigenvalue weighted by Crippen LogP contribution is 2.30. The molecule has 5 nitrogen and oxygen atoms in total. The van der Waals surface area contributed by atoms with E-state index in [2.05, 4.69) is 4.98 Å². The zero-order valence-corrected chi connectivity index (χ0v) is 13.9. The highest BCUT2D eigenvalue weighted by atomic mass is 16.5. The lowest BCUT2D eigenvalue weighted by Crippen LogP contribution is -2.51. The van der Waals surface area contributed by atoms with Gasteiger partial charge >= 0.3 is 0 Å². The van der Waals surface area contributed by atoms with E-state index in [1.165, 1.54) is 0 Å². The Hall–Kier alpha value is -2.14. The molecule has 0 bridgehead atoms. The molecule has 1 aromatic heterocycles. The van der Waals surface area contributed by atoms with Crippen LogP contribution >= 0.6 is 0 Å². The Morgan fingerprint density at radius 2 is 2.12 bits per heavy atom. The fraction of sp³-hybridized carbons (Fsp3) is 0.474. The number of aryl methyl sites for hydroxylation is 1. The first-order valence-corrected chi connectivity index (χ1v) is 8.65. The molecule has 1 saturated heterocycles. The number of hydrogen-bond acceptors (Lipinski definition) is 4. The summed E-state index contributed by atoms with van der Waals surface area (Å²) in [6.45, 7) is 3.20. The summed E-state index contributed by atoms with van der Waals surface area (Å²) in [5.41, 5.74) is 1.67. The second-order valence-corrected chi connectivity index (χ2v) is 6.56. The van der Waals surface area contributed by atoms with Gasteiger partial charge in [-0.15, -0.1) is 0 Å². The lowest BCUT2D eigenvalue weighted by Gasteiger charge is -2.37.